The first-order valence-corrected chi connectivity index (χ1v) is 9.89. The van der Waals surface area contributed by atoms with Crippen molar-refractivity contribution in [3.63, 3.8) is 0 Å². The van der Waals surface area contributed by atoms with E-state index in [1.165, 1.54) is 6.07 Å². The van der Waals surface area contributed by atoms with Gasteiger partial charge in [0.1, 0.15) is 30.4 Å². The van der Waals surface area contributed by atoms with Crippen molar-refractivity contribution in [3.8, 4) is 16.9 Å². The van der Waals surface area contributed by atoms with Crippen LogP contribution in [0, 0.1) is 5.82 Å². The van der Waals surface area contributed by atoms with Gasteiger partial charge in [0.05, 0.1) is 0 Å². The van der Waals surface area contributed by atoms with Crippen LogP contribution in [0.5, 0.6) is 5.75 Å². The molecule has 2 atom stereocenters. The number of phenolic OH excluding ortho intramolecular Hbond substituents is 1. The van der Waals surface area contributed by atoms with Gasteiger partial charge >= 0.3 is 6.09 Å². The number of phenols is 1. The zero-order valence-corrected chi connectivity index (χ0v) is 16.5. The highest BCUT2D eigenvalue weighted by molar-refractivity contribution is 5.79. The summed E-state index contributed by atoms with van der Waals surface area (Å²) in [6.45, 7) is -0.189. The smallest absolute Gasteiger partial charge is 0.407 e. The number of alkyl carbamates (subject to hydrolysis) is 1. The lowest BCUT2D eigenvalue weighted by atomic mass is 9.98. The first-order chi connectivity index (χ1) is 15.0. The van der Waals surface area contributed by atoms with Gasteiger partial charge in [-0.2, -0.15) is 0 Å². The number of hydrogen-bond acceptors (Lipinski definition) is 5. The lowest BCUT2D eigenvalue weighted by Gasteiger charge is -2.20. The molecule has 0 aromatic heterocycles. The summed E-state index contributed by atoms with van der Waals surface area (Å²) in [6.07, 6.45) is -3.66. The van der Waals surface area contributed by atoms with Crippen molar-refractivity contribution in [2.45, 2.75) is 18.1 Å². The molecule has 1 aliphatic rings. The Labute approximate surface area is 178 Å². The van der Waals surface area contributed by atoms with E-state index in [9.17, 15) is 24.5 Å². The molecule has 0 aliphatic heterocycles. The third kappa shape index (κ3) is 4.23. The average Bonchev–Trinajstić information content (AvgIpc) is 3.09. The molecule has 6 nitrogen and oxygen atoms in total. The highest BCUT2D eigenvalue weighted by Crippen LogP contribution is 2.44. The SMILES string of the molecule is O=C(NCC(O)C(O)c1ccc(F)cc1O)OCC1c2ccccc2-c2ccccc21. The van der Waals surface area contributed by atoms with E-state index in [4.69, 9.17) is 4.74 Å². The van der Waals surface area contributed by atoms with E-state index < -0.39 is 29.9 Å². The Kier molecular flexibility index (Phi) is 5.88. The van der Waals surface area contributed by atoms with Crippen LogP contribution in [0.1, 0.15) is 28.7 Å². The lowest BCUT2D eigenvalue weighted by molar-refractivity contribution is 0.0172. The number of carbonyl (C=O) groups is 1. The van der Waals surface area contributed by atoms with Crippen molar-refractivity contribution in [3.05, 3.63) is 89.2 Å². The summed E-state index contributed by atoms with van der Waals surface area (Å²) in [5.74, 6) is -1.24. The van der Waals surface area contributed by atoms with E-state index in [-0.39, 0.29) is 24.6 Å². The van der Waals surface area contributed by atoms with Gasteiger partial charge in [-0.1, -0.05) is 48.5 Å². The Morgan fingerprint density at radius 2 is 1.61 bits per heavy atom. The minimum Gasteiger partial charge on any atom is -0.507 e. The number of amides is 1. The highest BCUT2D eigenvalue weighted by Gasteiger charge is 2.29. The summed E-state index contributed by atoms with van der Waals surface area (Å²) in [6, 6.07) is 19.0. The predicted octanol–water partition coefficient (Wildman–Crippen LogP) is 3.46. The molecule has 0 saturated heterocycles. The Morgan fingerprint density at radius 3 is 2.23 bits per heavy atom. The Balaban J connectivity index is 1.35. The summed E-state index contributed by atoms with van der Waals surface area (Å²) >= 11 is 0. The van der Waals surface area contributed by atoms with Crippen LogP contribution < -0.4 is 5.32 Å². The molecule has 31 heavy (non-hydrogen) atoms. The molecule has 7 heteroatoms. The van der Waals surface area contributed by atoms with Crippen LogP contribution in [0.2, 0.25) is 0 Å². The van der Waals surface area contributed by atoms with Gasteiger partial charge in [-0.15, -0.1) is 0 Å². The maximum atomic E-state index is 13.1. The fourth-order valence-corrected chi connectivity index (χ4v) is 3.92. The molecule has 3 aromatic rings. The summed E-state index contributed by atoms with van der Waals surface area (Å²) in [7, 11) is 0. The quantitative estimate of drug-likeness (QED) is 0.487. The van der Waals surface area contributed by atoms with Crippen molar-refractivity contribution < 1.29 is 29.2 Å². The standard InChI is InChI=1S/C24H22FNO5/c25-14-9-10-19(21(27)11-14)23(29)22(28)12-26-24(30)31-13-20-17-7-3-1-5-15(17)16-6-2-4-8-18(16)20/h1-11,20,22-23,27-29H,12-13H2,(H,26,30). The number of rotatable bonds is 6. The van der Waals surface area contributed by atoms with Gasteiger partial charge in [-0.05, 0) is 34.4 Å². The van der Waals surface area contributed by atoms with Gasteiger partial charge in [-0.3, -0.25) is 0 Å². The van der Waals surface area contributed by atoms with Crippen LogP contribution in [0.25, 0.3) is 11.1 Å². The number of nitrogens with one attached hydrogen (secondary N) is 1. The molecule has 2 unspecified atom stereocenters. The number of carbonyl (C=O) groups excluding carboxylic acids is 1. The first kappa shape index (κ1) is 20.8. The summed E-state index contributed by atoms with van der Waals surface area (Å²) in [4.78, 5) is 12.2. The molecule has 0 spiro atoms. The summed E-state index contributed by atoms with van der Waals surface area (Å²) in [5, 5.41) is 32.4. The topological polar surface area (TPSA) is 99.0 Å². The maximum absolute atomic E-state index is 13.1. The fraction of sp³-hybridized carbons (Fsp3) is 0.208. The van der Waals surface area contributed by atoms with E-state index in [2.05, 4.69) is 5.32 Å². The van der Waals surface area contributed by atoms with Crippen molar-refractivity contribution in [2.24, 2.45) is 0 Å². The van der Waals surface area contributed by atoms with Crippen LogP contribution in [-0.2, 0) is 4.74 Å². The second-order valence-electron chi connectivity index (χ2n) is 7.42. The number of aromatic hydroxyl groups is 1. The molecule has 4 N–H and O–H groups in total. The van der Waals surface area contributed by atoms with Gasteiger partial charge in [0.25, 0.3) is 0 Å². The minimum atomic E-state index is -1.51. The molecular weight excluding hydrogens is 401 g/mol. The second kappa shape index (κ2) is 8.75. The molecule has 3 aromatic carbocycles. The second-order valence-corrected chi connectivity index (χ2v) is 7.42. The molecule has 0 bridgehead atoms. The number of aliphatic hydroxyl groups excluding tert-OH is 2. The number of fused-ring (bicyclic) bond motifs is 3. The van der Waals surface area contributed by atoms with E-state index in [0.717, 1.165) is 34.4 Å². The zero-order chi connectivity index (χ0) is 22.0. The summed E-state index contributed by atoms with van der Waals surface area (Å²) < 4.78 is 18.5. The minimum absolute atomic E-state index is 0.0387. The van der Waals surface area contributed by atoms with Crippen LogP contribution in [0.4, 0.5) is 9.18 Å². The van der Waals surface area contributed by atoms with Crippen molar-refractivity contribution in [2.75, 3.05) is 13.2 Å². The normalized spacial score (nSPS) is 14.4. The van der Waals surface area contributed by atoms with E-state index in [1.807, 2.05) is 48.5 Å². The van der Waals surface area contributed by atoms with Crippen molar-refractivity contribution >= 4 is 6.09 Å². The number of benzene rings is 3. The fourth-order valence-electron chi connectivity index (χ4n) is 3.92. The maximum Gasteiger partial charge on any atom is 0.407 e. The van der Waals surface area contributed by atoms with Crippen LogP contribution >= 0.6 is 0 Å². The average molecular weight is 423 g/mol. The van der Waals surface area contributed by atoms with E-state index in [1.54, 1.807) is 0 Å². The van der Waals surface area contributed by atoms with Gasteiger partial charge < -0.3 is 25.4 Å². The van der Waals surface area contributed by atoms with Gasteiger partial charge in [0, 0.05) is 24.1 Å². The monoisotopic (exact) mass is 423 g/mol. The number of hydrogen-bond donors (Lipinski definition) is 4. The molecule has 160 valence electrons. The Hall–Kier alpha value is -3.42. The van der Waals surface area contributed by atoms with Crippen LogP contribution in [-0.4, -0.2) is 40.7 Å². The Morgan fingerprint density at radius 1 is 1.00 bits per heavy atom. The highest BCUT2D eigenvalue weighted by atomic mass is 19.1. The van der Waals surface area contributed by atoms with Crippen LogP contribution in [0.15, 0.2) is 66.7 Å². The van der Waals surface area contributed by atoms with Crippen molar-refractivity contribution in [1.82, 2.24) is 5.32 Å². The van der Waals surface area contributed by atoms with Gasteiger partial charge in [-0.25, -0.2) is 9.18 Å². The third-order valence-corrected chi connectivity index (χ3v) is 5.47. The first-order valence-electron chi connectivity index (χ1n) is 9.89. The van der Waals surface area contributed by atoms with Gasteiger partial charge in [0.2, 0.25) is 0 Å². The summed E-state index contributed by atoms with van der Waals surface area (Å²) in [5.41, 5.74) is 4.36. The van der Waals surface area contributed by atoms with E-state index >= 15 is 0 Å². The lowest BCUT2D eigenvalue weighted by Crippen LogP contribution is -2.36. The molecule has 0 radical (unpaired) electrons. The van der Waals surface area contributed by atoms with Crippen LogP contribution in [0.3, 0.4) is 0 Å². The number of ether oxygens (including phenoxy) is 1. The molecule has 0 saturated carbocycles. The van der Waals surface area contributed by atoms with Gasteiger partial charge in [0.15, 0.2) is 0 Å². The molecule has 1 aliphatic carbocycles. The zero-order valence-electron chi connectivity index (χ0n) is 16.5. The largest absolute Gasteiger partial charge is 0.507 e. The Bertz CT molecular complexity index is 1060. The molecule has 0 fully saturated rings. The molecule has 0 heterocycles. The molecular formula is C24H22FNO5. The number of aliphatic hydroxyl groups is 2. The molecule has 4 rings (SSSR count). The van der Waals surface area contributed by atoms with Crippen molar-refractivity contribution in [1.29, 1.82) is 0 Å². The number of halogens is 1. The third-order valence-electron chi connectivity index (χ3n) is 5.47. The molecule has 1 amide bonds. The van der Waals surface area contributed by atoms with E-state index in [0.29, 0.717) is 0 Å². The predicted molar refractivity (Wildman–Crippen MR) is 112 cm³/mol.